The third kappa shape index (κ3) is 4.26. The highest BCUT2D eigenvalue weighted by atomic mass is 16.5. The van der Waals surface area contributed by atoms with Crippen LogP contribution >= 0.6 is 0 Å². The number of aromatic nitrogens is 4. The average Bonchev–Trinajstić information content (AvgIpc) is 3.37. The molecule has 6 rings (SSSR count). The molecule has 0 aliphatic rings. The highest BCUT2D eigenvalue weighted by molar-refractivity contribution is 6.08. The van der Waals surface area contributed by atoms with Crippen molar-refractivity contribution in [3.05, 3.63) is 72.3 Å². The van der Waals surface area contributed by atoms with Crippen molar-refractivity contribution < 1.29 is 9.47 Å². The molecule has 0 amide bonds. The summed E-state index contributed by atoms with van der Waals surface area (Å²) in [5.41, 5.74) is 5.33. The Morgan fingerprint density at radius 3 is 1.49 bits per heavy atom. The number of aromatic amines is 2. The topological polar surface area (TPSA) is 75.8 Å². The maximum absolute atomic E-state index is 6.50. The van der Waals surface area contributed by atoms with Gasteiger partial charge in [0.15, 0.2) is 0 Å². The molecular formula is C31H32N4O2. The fraction of sp³-hybridized carbons (Fsp3) is 0.290. The van der Waals surface area contributed by atoms with Crippen molar-refractivity contribution in [1.29, 1.82) is 0 Å². The number of ether oxygens (including phenoxy) is 2. The summed E-state index contributed by atoms with van der Waals surface area (Å²) in [6, 6.07) is 16.6. The van der Waals surface area contributed by atoms with Crippen molar-refractivity contribution in [2.75, 3.05) is 0 Å². The van der Waals surface area contributed by atoms with Crippen LogP contribution in [0.3, 0.4) is 0 Å². The molecule has 0 bridgehead atoms. The molecule has 0 radical (unpaired) electrons. The Kier molecular flexibility index (Phi) is 5.19. The molecule has 0 atom stereocenters. The summed E-state index contributed by atoms with van der Waals surface area (Å²) in [7, 11) is 0. The molecule has 0 fully saturated rings. The molecule has 6 nitrogen and oxygen atoms in total. The molecule has 188 valence electrons. The van der Waals surface area contributed by atoms with E-state index in [0.29, 0.717) is 6.42 Å². The fourth-order valence-electron chi connectivity index (χ4n) is 5.75. The normalized spacial score (nSPS) is 12.7. The maximum Gasteiger partial charge on any atom is 0.122 e. The Labute approximate surface area is 216 Å². The Morgan fingerprint density at radius 2 is 1.05 bits per heavy atom. The predicted molar refractivity (Wildman–Crippen MR) is 151 cm³/mol. The van der Waals surface area contributed by atoms with Gasteiger partial charge >= 0.3 is 0 Å². The van der Waals surface area contributed by atoms with E-state index < -0.39 is 11.2 Å². The third-order valence-corrected chi connectivity index (χ3v) is 7.00. The van der Waals surface area contributed by atoms with E-state index in [-0.39, 0.29) is 0 Å². The summed E-state index contributed by atoms with van der Waals surface area (Å²) in [6.45, 7) is 12.5. The van der Waals surface area contributed by atoms with Crippen molar-refractivity contribution in [2.24, 2.45) is 0 Å². The predicted octanol–water partition coefficient (Wildman–Crippen LogP) is 7.77. The van der Waals surface area contributed by atoms with Gasteiger partial charge in [0.2, 0.25) is 0 Å². The van der Waals surface area contributed by atoms with E-state index >= 15 is 0 Å². The highest BCUT2D eigenvalue weighted by Gasteiger charge is 2.32. The minimum Gasteiger partial charge on any atom is -0.488 e. The van der Waals surface area contributed by atoms with Crippen LogP contribution in [-0.2, 0) is 0 Å². The van der Waals surface area contributed by atoms with Gasteiger partial charge in [-0.2, -0.15) is 0 Å². The Balaban J connectivity index is 1.22. The smallest absolute Gasteiger partial charge is 0.122 e. The SMILES string of the molecule is Cc1nccc2c1[nH]c1cc(OC(C)(C)CC(C)(C)Oc3ccc4c(c3)[nH]c3c(C)nccc34)ccc12. The van der Waals surface area contributed by atoms with E-state index in [1.807, 2.05) is 38.4 Å². The molecule has 0 saturated carbocycles. The number of nitrogens with one attached hydrogen (secondary N) is 2. The lowest BCUT2D eigenvalue weighted by Gasteiger charge is -2.35. The zero-order valence-electron chi connectivity index (χ0n) is 22.2. The van der Waals surface area contributed by atoms with Gasteiger partial charge in [0.1, 0.15) is 22.7 Å². The molecule has 2 aromatic carbocycles. The van der Waals surface area contributed by atoms with Gasteiger partial charge in [-0.15, -0.1) is 0 Å². The van der Waals surface area contributed by atoms with Crippen LogP contribution in [0.5, 0.6) is 11.5 Å². The van der Waals surface area contributed by atoms with E-state index in [2.05, 4.69) is 84.0 Å². The van der Waals surface area contributed by atoms with Gasteiger partial charge in [0.25, 0.3) is 0 Å². The second-order valence-corrected chi connectivity index (χ2v) is 11.2. The molecule has 0 saturated heterocycles. The molecule has 37 heavy (non-hydrogen) atoms. The van der Waals surface area contributed by atoms with Crippen LogP contribution in [0.15, 0.2) is 60.9 Å². The average molecular weight is 493 g/mol. The van der Waals surface area contributed by atoms with Crippen LogP contribution in [-0.4, -0.2) is 31.1 Å². The zero-order chi connectivity index (χ0) is 25.9. The van der Waals surface area contributed by atoms with E-state index in [1.165, 1.54) is 21.5 Å². The van der Waals surface area contributed by atoms with Crippen molar-refractivity contribution in [1.82, 2.24) is 19.9 Å². The summed E-state index contributed by atoms with van der Waals surface area (Å²) >= 11 is 0. The quantitative estimate of drug-likeness (QED) is 0.249. The molecular weight excluding hydrogens is 460 g/mol. The first-order valence-corrected chi connectivity index (χ1v) is 12.7. The second-order valence-electron chi connectivity index (χ2n) is 11.2. The number of pyridine rings is 2. The van der Waals surface area contributed by atoms with Crippen molar-refractivity contribution in [3.8, 4) is 11.5 Å². The monoisotopic (exact) mass is 492 g/mol. The molecule has 6 aromatic rings. The summed E-state index contributed by atoms with van der Waals surface area (Å²) in [5.74, 6) is 1.66. The van der Waals surface area contributed by atoms with E-state index in [0.717, 1.165) is 45.0 Å². The largest absolute Gasteiger partial charge is 0.488 e. The first kappa shape index (κ1) is 23.3. The molecule has 0 unspecified atom stereocenters. The van der Waals surface area contributed by atoms with Gasteiger partial charge in [-0.05, 0) is 77.9 Å². The number of rotatable bonds is 6. The number of aryl methyl sites for hydroxylation is 2. The van der Waals surface area contributed by atoms with Crippen molar-refractivity contribution in [3.63, 3.8) is 0 Å². The van der Waals surface area contributed by atoms with Gasteiger partial charge in [-0.3, -0.25) is 9.97 Å². The van der Waals surface area contributed by atoms with Crippen LogP contribution in [0.2, 0.25) is 0 Å². The standard InChI is InChI=1S/C31H32N4O2/c1-18-28-24(11-13-32-18)22-9-7-20(15-26(22)34-28)36-30(3,4)17-31(5,6)37-21-8-10-23-25-12-14-33-19(2)29(25)35-27(23)16-21/h7-16,34-35H,17H2,1-6H3. The first-order chi connectivity index (χ1) is 17.6. The van der Waals surface area contributed by atoms with E-state index in [9.17, 15) is 0 Å². The van der Waals surface area contributed by atoms with Crippen LogP contribution in [0.4, 0.5) is 0 Å². The Hall–Kier alpha value is -4.06. The minimum absolute atomic E-state index is 0.450. The molecule has 4 heterocycles. The van der Waals surface area contributed by atoms with E-state index in [1.54, 1.807) is 0 Å². The summed E-state index contributed by atoms with van der Waals surface area (Å²) in [6.07, 6.45) is 4.41. The van der Waals surface area contributed by atoms with Gasteiger partial charge in [-0.25, -0.2) is 0 Å². The molecule has 0 spiro atoms. The van der Waals surface area contributed by atoms with Gasteiger partial charge < -0.3 is 19.4 Å². The Bertz CT molecular complexity index is 1660. The Morgan fingerprint density at radius 1 is 0.622 bits per heavy atom. The molecule has 4 aromatic heterocycles. The summed E-state index contributed by atoms with van der Waals surface area (Å²) < 4.78 is 13.0. The van der Waals surface area contributed by atoms with Crippen LogP contribution in [0.25, 0.3) is 43.6 Å². The lowest BCUT2D eigenvalue weighted by atomic mass is 9.92. The zero-order valence-corrected chi connectivity index (χ0v) is 22.2. The molecule has 0 aliphatic heterocycles. The molecule has 2 N–H and O–H groups in total. The number of hydrogen-bond acceptors (Lipinski definition) is 4. The van der Waals surface area contributed by atoms with Crippen LogP contribution in [0, 0.1) is 13.8 Å². The third-order valence-electron chi connectivity index (χ3n) is 7.00. The van der Waals surface area contributed by atoms with Crippen LogP contribution < -0.4 is 9.47 Å². The summed E-state index contributed by atoms with van der Waals surface area (Å²) in [4.78, 5) is 15.8. The number of benzene rings is 2. The minimum atomic E-state index is -0.450. The van der Waals surface area contributed by atoms with Gasteiger partial charge in [0.05, 0.1) is 33.5 Å². The second kappa shape index (κ2) is 8.23. The van der Waals surface area contributed by atoms with Crippen LogP contribution in [0.1, 0.15) is 45.5 Å². The number of nitrogens with zero attached hydrogens (tertiary/aromatic N) is 2. The van der Waals surface area contributed by atoms with Crippen molar-refractivity contribution in [2.45, 2.75) is 59.2 Å². The lowest BCUT2D eigenvalue weighted by molar-refractivity contribution is 0.00519. The molecule has 6 heteroatoms. The highest BCUT2D eigenvalue weighted by Crippen LogP contribution is 2.35. The number of H-pyrrole nitrogens is 2. The fourth-order valence-corrected chi connectivity index (χ4v) is 5.75. The number of hydrogen-bond donors (Lipinski definition) is 2. The van der Waals surface area contributed by atoms with Gasteiger partial charge in [0, 0.05) is 52.5 Å². The molecule has 0 aliphatic carbocycles. The number of fused-ring (bicyclic) bond motifs is 6. The van der Waals surface area contributed by atoms with Gasteiger partial charge in [-0.1, -0.05) is 0 Å². The maximum atomic E-state index is 6.50. The lowest BCUT2D eigenvalue weighted by Crippen LogP contribution is -2.41. The first-order valence-electron chi connectivity index (χ1n) is 12.7. The van der Waals surface area contributed by atoms with E-state index in [4.69, 9.17) is 9.47 Å². The van der Waals surface area contributed by atoms with Crippen molar-refractivity contribution >= 4 is 43.6 Å². The summed E-state index contributed by atoms with van der Waals surface area (Å²) in [5, 5.41) is 4.71.